The maximum Gasteiger partial charge on any atom is 0.327 e. The number of aryl methyl sites for hydroxylation is 1. The average molecular weight is 437 g/mol. The molecule has 0 saturated carbocycles. The average Bonchev–Trinajstić information content (AvgIpc) is 3.04. The summed E-state index contributed by atoms with van der Waals surface area (Å²) >= 11 is 0. The third-order valence-corrected chi connectivity index (χ3v) is 5.93. The molecule has 2 aromatic carbocycles. The molecule has 5 heteroatoms. The minimum atomic E-state index is -1.10. The van der Waals surface area contributed by atoms with E-state index in [1.807, 2.05) is 0 Å². The Morgan fingerprint density at radius 3 is 2.47 bits per heavy atom. The predicted octanol–water partition coefficient (Wildman–Crippen LogP) is 4.72. The van der Waals surface area contributed by atoms with E-state index in [1.54, 1.807) is 6.92 Å². The largest absolute Gasteiger partial charge is 0.493 e. The van der Waals surface area contributed by atoms with Crippen molar-refractivity contribution in [1.82, 2.24) is 0 Å². The molecule has 1 aliphatic carbocycles. The van der Waals surface area contributed by atoms with Crippen molar-refractivity contribution in [2.75, 3.05) is 19.8 Å². The van der Waals surface area contributed by atoms with Gasteiger partial charge in [0, 0.05) is 12.1 Å². The van der Waals surface area contributed by atoms with E-state index in [9.17, 15) is 4.79 Å². The number of esters is 1. The number of fused-ring (bicyclic) bond motifs is 1. The Hall–Kier alpha value is -2.63. The summed E-state index contributed by atoms with van der Waals surface area (Å²) in [7, 11) is 0. The van der Waals surface area contributed by atoms with Gasteiger partial charge in [0.2, 0.25) is 0 Å². The van der Waals surface area contributed by atoms with Crippen LogP contribution in [0.5, 0.6) is 5.75 Å². The number of nitrogens with two attached hydrogens (primary N) is 2. The molecule has 172 valence electrons. The smallest absolute Gasteiger partial charge is 0.327 e. The van der Waals surface area contributed by atoms with Crippen molar-refractivity contribution in [3.8, 4) is 5.75 Å². The summed E-state index contributed by atoms with van der Waals surface area (Å²) in [5, 5.41) is 0. The summed E-state index contributed by atoms with van der Waals surface area (Å²) in [6.45, 7) is 2.73. The van der Waals surface area contributed by atoms with Gasteiger partial charge in [-0.15, -0.1) is 0 Å². The minimum Gasteiger partial charge on any atom is -0.493 e. The Balaban J connectivity index is 1.46. The first kappa shape index (κ1) is 24.0. The van der Waals surface area contributed by atoms with Gasteiger partial charge in [-0.2, -0.15) is 0 Å². The van der Waals surface area contributed by atoms with Crippen molar-refractivity contribution in [2.45, 2.75) is 57.4 Å². The first-order chi connectivity index (χ1) is 15.5. The van der Waals surface area contributed by atoms with Crippen LogP contribution in [0.3, 0.4) is 0 Å². The summed E-state index contributed by atoms with van der Waals surface area (Å²) < 4.78 is 11.4. The van der Waals surface area contributed by atoms with Gasteiger partial charge in [-0.25, -0.2) is 0 Å². The van der Waals surface area contributed by atoms with E-state index < -0.39 is 11.5 Å². The number of ether oxygens (including phenoxy) is 2. The first-order valence-corrected chi connectivity index (χ1v) is 11.7. The van der Waals surface area contributed by atoms with Gasteiger partial charge in [0.05, 0.1) is 13.2 Å². The van der Waals surface area contributed by atoms with Crippen LogP contribution in [0.2, 0.25) is 0 Å². The van der Waals surface area contributed by atoms with Crippen molar-refractivity contribution in [3.05, 3.63) is 65.2 Å². The van der Waals surface area contributed by atoms with Crippen LogP contribution in [0, 0.1) is 0 Å². The van der Waals surface area contributed by atoms with Crippen molar-refractivity contribution < 1.29 is 14.3 Å². The SMILES string of the molecule is CC(N)(CN)C(=O)OCCCCCCOc1cccc2c1C=C(c1ccccc1)CCC2. The minimum absolute atomic E-state index is 0.0778. The second-order valence-electron chi connectivity index (χ2n) is 8.74. The molecule has 0 heterocycles. The fraction of sp³-hybridized carbons (Fsp3) is 0.444. The van der Waals surface area contributed by atoms with Crippen LogP contribution in [-0.4, -0.2) is 31.3 Å². The predicted molar refractivity (Wildman–Crippen MR) is 130 cm³/mol. The van der Waals surface area contributed by atoms with Crippen molar-refractivity contribution in [3.63, 3.8) is 0 Å². The van der Waals surface area contributed by atoms with E-state index in [-0.39, 0.29) is 6.54 Å². The van der Waals surface area contributed by atoms with Gasteiger partial charge in [-0.3, -0.25) is 4.79 Å². The summed E-state index contributed by atoms with van der Waals surface area (Å²) in [6.07, 6.45) is 9.40. The van der Waals surface area contributed by atoms with Crippen LogP contribution in [0.4, 0.5) is 0 Å². The Kier molecular flexibility index (Phi) is 8.89. The number of carbonyl (C=O) groups is 1. The van der Waals surface area contributed by atoms with Gasteiger partial charge in [0.1, 0.15) is 11.3 Å². The zero-order chi connectivity index (χ0) is 22.8. The molecule has 2 aromatic rings. The molecular formula is C27H36N2O3. The first-order valence-electron chi connectivity index (χ1n) is 11.7. The Labute approximate surface area is 191 Å². The highest BCUT2D eigenvalue weighted by atomic mass is 16.5. The van der Waals surface area contributed by atoms with E-state index in [4.69, 9.17) is 20.9 Å². The second-order valence-corrected chi connectivity index (χ2v) is 8.74. The summed E-state index contributed by atoms with van der Waals surface area (Å²) in [5.74, 6) is 0.534. The molecular weight excluding hydrogens is 400 g/mol. The third kappa shape index (κ3) is 6.68. The lowest BCUT2D eigenvalue weighted by Gasteiger charge is -2.20. The van der Waals surface area contributed by atoms with Crippen LogP contribution in [-0.2, 0) is 16.0 Å². The van der Waals surface area contributed by atoms with E-state index >= 15 is 0 Å². The molecule has 0 amide bonds. The summed E-state index contributed by atoms with van der Waals surface area (Å²) in [6, 6.07) is 17.0. The molecule has 0 bridgehead atoms. The lowest BCUT2D eigenvalue weighted by atomic mass is 10.0. The molecule has 0 aromatic heterocycles. The van der Waals surface area contributed by atoms with Crippen LogP contribution in [0.1, 0.15) is 62.1 Å². The molecule has 0 fully saturated rings. The van der Waals surface area contributed by atoms with Crippen LogP contribution in [0.15, 0.2) is 48.5 Å². The number of carbonyl (C=O) groups excluding carboxylic acids is 1. The molecule has 4 N–H and O–H groups in total. The molecule has 1 atom stereocenters. The maximum absolute atomic E-state index is 11.8. The highest BCUT2D eigenvalue weighted by Crippen LogP contribution is 2.34. The number of benzene rings is 2. The van der Waals surface area contributed by atoms with Crippen molar-refractivity contribution in [2.24, 2.45) is 11.5 Å². The topological polar surface area (TPSA) is 87.6 Å². The molecule has 3 rings (SSSR count). The quantitative estimate of drug-likeness (QED) is 0.393. The Bertz CT molecular complexity index is 906. The molecule has 0 aliphatic heterocycles. The van der Waals surface area contributed by atoms with Gasteiger partial charge in [0.25, 0.3) is 0 Å². The van der Waals surface area contributed by atoms with E-state index in [0.29, 0.717) is 13.2 Å². The van der Waals surface area contributed by atoms with Crippen LogP contribution in [0.25, 0.3) is 11.6 Å². The zero-order valence-electron chi connectivity index (χ0n) is 19.1. The fourth-order valence-corrected chi connectivity index (χ4v) is 3.85. The van der Waals surface area contributed by atoms with Crippen molar-refractivity contribution >= 4 is 17.6 Å². The van der Waals surface area contributed by atoms with E-state index in [0.717, 1.165) is 50.7 Å². The number of hydrogen-bond acceptors (Lipinski definition) is 5. The normalized spacial score (nSPS) is 15.2. The van der Waals surface area contributed by atoms with Crippen LogP contribution < -0.4 is 16.2 Å². The second kappa shape index (κ2) is 11.8. The molecule has 1 aliphatic rings. The number of unbranched alkanes of at least 4 members (excludes halogenated alkanes) is 3. The lowest BCUT2D eigenvalue weighted by Crippen LogP contribution is -2.52. The molecule has 32 heavy (non-hydrogen) atoms. The lowest BCUT2D eigenvalue weighted by molar-refractivity contribution is -0.149. The van der Waals surface area contributed by atoms with Crippen LogP contribution >= 0.6 is 0 Å². The molecule has 0 saturated heterocycles. The molecule has 0 radical (unpaired) electrons. The van der Waals surface area contributed by atoms with Gasteiger partial charge < -0.3 is 20.9 Å². The van der Waals surface area contributed by atoms with E-state index in [2.05, 4.69) is 54.6 Å². The Morgan fingerprint density at radius 2 is 1.72 bits per heavy atom. The fourth-order valence-electron chi connectivity index (χ4n) is 3.85. The van der Waals surface area contributed by atoms with E-state index in [1.165, 1.54) is 22.3 Å². The van der Waals surface area contributed by atoms with Gasteiger partial charge >= 0.3 is 5.97 Å². The highest BCUT2D eigenvalue weighted by Gasteiger charge is 2.28. The molecule has 0 spiro atoms. The number of rotatable bonds is 11. The van der Waals surface area contributed by atoms with Crippen molar-refractivity contribution in [1.29, 1.82) is 0 Å². The standard InChI is InChI=1S/C27H36N2O3/c1-27(29,20-28)26(30)32-18-8-3-2-7-17-31-25-16-10-14-22-13-9-15-23(19-24(22)25)21-11-5-4-6-12-21/h4-6,10-12,14,16,19H,2-3,7-9,13,15,17-18,20,28-29H2,1H3. The van der Waals surface area contributed by atoms with Gasteiger partial charge in [0.15, 0.2) is 0 Å². The Morgan fingerprint density at radius 1 is 0.969 bits per heavy atom. The highest BCUT2D eigenvalue weighted by molar-refractivity contribution is 5.84. The summed E-state index contributed by atoms with van der Waals surface area (Å²) in [5.41, 5.74) is 15.4. The number of hydrogen-bond donors (Lipinski definition) is 2. The van der Waals surface area contributed by atoms with Gasteiger partial charge in [-0.1, -0.05) is 42.5 Å². The summed E-state index contributed by atoms with van der Waals surface area (Å²) in [4.78, 5) is 11.8. The monoisotopic (exact) mass is 436 g/mol. The van der Waals surface area contributed by atoms with Gasteiger partial charge in [-0.05, 0) is 80.7 Å². The molecule has 5 nitrogen and oxygen atoms in total. The number of allylic oxidation sites excluding steroid dienone is 1. The third-order valence-electron chi connectivity index (χ3n) is 5.93. The molecule has 1 unspecified atom stereocenters. The zero-order valence-corrected chi connectivity index (χ0v) is 19.1. The maximum atomic E-state index is 11.8.